The van der Waals surface area contributed by atoms with Crippen molar-refractivity contribution in [1.29, 1.82) is 0 Å². The van der Waals surface area contributed by atoms with E-state index in [4.69, 9.17) is 0 Å². The van der Waals surface area contributed by atoms with E-state index in [0.717, 1.165) is 25.0 Å². The molecule has 0 radical (unpaired) electrons. The molecule has 1 aliphatic rings. The lowest BCUT2D eigenvalue weighted by Crippen LogP contribution is -2.38. The third-order valence-electron chi connectivity index (χ3n) is 4.42. The first-order chi connectivity index (χ1) is 11.8. The Bertz CT molecular complexity index is 791. The molecule has 1 aromatic carbocycles. The molecular formula is C17H18F3NO2S2. The van der Waals surface area contributed by atoms with Crippen LogP contribution in [0.25, 0.3) is 0 Å². The van der Waals surface area contributed by atoms with Crippen molar-refractivity contribution in [2.75, 3.05) is 13.1 Å². The third kappa shape index (κ3) is 4.43. The molecule has 1 fully saturated rings. The molecule has 2 heterocycles. The fraction of sp³-hybridized carbons (Fsp3) is 0.412. The minimum absolute atomic E-state index is 0.269. The lowest BCUT2D eigenvalue weighted by molar-refractivity contribution is -0.137. The van der Waals surface area contributed by atoms with Gasteiger partial charge in [0.2, 0.25) is 10.0 Å². The quantitative estimate of drug-likeness (QED) is 0.773. The topological polar surface area (TPSA) is 37.4 Å². The molecule has 3 nitrogen and oxygen atoms in total. The van der Waals surface area contributed by atoms with Crippen LogP contribution in [0.1, 0.15) is 34.8 Å². The van der Waals surface area contributed by atoms with Crippen LogP contribution in [0.4, 0.5) is 13.2 Å². The number of halogens is 3. The van der Waals surface area contributed by atoms with Gasteiger partial charge in [0.15, 0.2) is 0 Å². The van der Waals surface area contributed by atoms with Gasteiger partial charge in [-0.25, -0.2) is 12.7 Å². The van der Waals surface area contributed by atoms with Gasteiger partial charge in [-0.2, -0.15) is 13.2 Å². The van der Waals surface area contributed by atoms with Crippen molar-refractivity contribution >= 4 is 21.4 Å². The SMILES string of the molecule is O=S(=O)(Cc1ccc(C(F)(F)F)cc1)N1CCC(c2cccs2)CC1. The van der Waals surface area contributed by atoms with Crippen LogP contribution < -0.4 is 0 Å². The average molecular weight is 389 g/mol. The fourth-order valence-electron chi connectivity index (χ4n) is 3.03. The van der Waals surface area contributed by atoms with Crippen molar-refractivity contribution in [2.24, 2.45) is 0 Å². The number of alkyl halides is 3. The molecule has 0 atom stereocenters. The van der Waals surface area contributed by atoms with E-state index in [0.29, 0.717) is 24.6 Å². The molecule has 0 spiro atoms. The lowest BCUT2D eigenvalue weighted by atomic mass is 9.97. The summed E-state index contributed by atoms with van der Waals surface area (Å²) in [4.78, 5) is 1.28. The van der Waals surface area contributed by atoms with E-state index in [1.54, 1.807) is 11.3 Å². The number of hydrogen-bond donors (Lipinski definition) is 0. The molecule has 0 amide bonds. The second-order valence-electron chi connectivity index (χ2n) is 6.14. The van der Waals surface area contributed by atoms with E-state index in [1.807, 2.05) is 11.4 Å². The number of nitrogens with zero attached hydrogens (tertiary/aromatic N) is 1. The molecule has 0 aliphatic carbocycles. The van der Waals surface area contributed by atoms with Gasteiger partial charge in [-0.3, -0.25) is 0 Å². The molecule has 8 heteroatoms. The second kappa shape index (κ2) is 7.09. The van der Waals surface area contributed by atoms with Gasteiger partial charge in [0.05, 0.1) is 11.3 Å². The number of benzene rings is 1. The molecule has 1 saturated heterocycles. The number of sulfonamides is 1. The molecule has 3 rings (SSSR count). The normalized spacial score (nSPS) is 17.7. The summed E-state index contributed by atoms with van der Waals surface area (Å²) in [6.45, 7) is 0.900. The van der Waals surface area contributed by atoms with Gasteiger partial charge >= 0.3 is 6.18 Å². The first kappa shape index (κ1) is 18.4. The van der Waals surface area contributed by atoms with Crippen LogP contribution in [-0.2, 0) is 22.0 Å². The number of thiophene rings is 1. The van der Waals surface area contributed by atoms with Crippen LogP contribution in [-0.4, -0.2) is 25.8 Å². The Morgan fingerprint density at radius 1 is 1.08 bits per heavy atom. The summed E-state index contributed by atoms with van der Waals surface area (Å²) in [6, 6.07) is 8.38. The molecule has 1 aliphatic heterocycles. The Balaban J connectivity index is 1.63. The van der Waals surface area contributed by atoms with Crippen molar-refractivity contribution in [3.63, 3.8) is 0 Å². The minimum atomic E-state index is -4.42. The van der Waals surface area contributed by atoms with Gasteiger partial charge in [0.25, 0.3) is 0 Å². The highest BCUT2D eigenvalue weighted by molar-refractivity contribution is 7.88. The maximum atomic E-state index is 12.6. The van der Waals surface area contributed by atoms with Crippen molar-refractivity contribution in [3.8, 4) is 0 Å². The van der Waals surface area contributed by atoms with Crippen molar-refractivity contribution in [3.05, 3.63) is 57.8 Å². The van der Waals surface area contributed by atoms with Crippen LogP contribution in [0, 0.1) is 0 Å². The first-order valence-corrected chi connectivity index (χ1v) is 10.4. The van der Waals surface area contributed by atoms with E-state index >= 15 is 0 Å². The van der Waals surface area contributed by atoms with Crippen LogP contribution >= 0.6 is 11.3 Å². The summed E-state index contributed by atoms with van der Waals surface area (Å²) in [7, 11) is -3.52. The molecule has 0 bridgehead atoms. The maximum absolute atomic E-state index is 12.6. The van der Waals surface area contributed by atoms with E-state index in [9.17, 15) is 21.6 Å². The molecule has 2 aromatic rings. The van der Waals surface area contributed by atoms with Crippen molar-refractivity contribution in [2.45, 2.75) is 30.7 Å². The molecular weight excluding hydrogens is 371 g/mol. The Hall–Kier alpha value is -1.38. The second-order valence-corrected chi connectivity index (χ2v) is 9.09. The monoisotopic (exact) mass is 389 g/mol. The molecule has 0 unspecified atom stereocenters. The molecule has 0 N–H and O–H groups in total. The lowest BCUT2D eigenvalue weighted by Gasteiger charge is -2.30. The minimum Gasteiger partial charge on any atom is -0.212 e. The standard InChI is InChI=1S/C17H18F3NO2S2/c18-17(19,20)15-5-3-13(4-6-15)12-25(22,23)21-9-7-14(8-10-21)16-2-1-11-24-16/h1-6,11,14H,7-10,12H2. The number of hydrogen-bond acceptors (Lipinski definition) is 3. The molecule has 136 valence electrons. The van der Waals surface area contributed by atoms with Crippen LogP contribution in [0.15, 0.2) is 41.8 Å². The Labute approximate surface area is 149 Å². The fourth-order valence-corrected chi connectivity index (χ4v) is 5.50. The molecule has 1 aromatic heterocycles. The van der Waals surface area contributed by atoms with Gasteiger partial charge in [0.1, 0.15) is 0 Å². The average Bonchev–Trinajstić information content (AvgIpc) is 3.09. The van der Waals surface area contributed by atoms with Crippen LogP contribution in [0.5, 0.6) is 0 Å². The zero-order valence-corrected chi connectivity index (χ0v) is 15.0. The highest BCUT2D eigenvalue weighted by Crippen LogP contribution is 2.33. The highest BCUT2D eigenvalue weighted by atomic mass is 32.2. The summed E-state index contributed by atoms with van der Waals surface area (Å²) in [5.74, 6) is 0.118. The summed E-state index contributed by atoms with van der Waals surface area (Å²) >= 11 is 1.68. The Morgan fingerprint density at radius 3 is 2.24 bits per heavy atom. The van der Waals surface area contributed by atoms with Crippen molar-refractivity contribution in [1.82, 2.24) is 4.31 Å². The van der Waals surface area contributed by atoms with Crippen LogP contribution in [0.2, 0.25) is 0 Å². The zero-order chi connectivity index (χ0) is 18.1. The number of piperidine rings is 1. The predicted octanol–water partition coefficient (Wildman–Crippen LogP) is 4.48. The smallest absolute Gasteiger partial charge is 0.212 e. The first-order valence-electron chi connectivity index (χ1n) is 7.93. The predicted molar refractivity (Wildman–Crippen MR) is 91.9 cm³/mol. The summed E-state index contributed by atoms with van der Waals surface area (Å²) in [5, 5.41) is 2.02. The largest absolute Gasteiger partial charge is 0.416 e. The highest BCUT2D eigenvalue weighted by Gasteiger charge is 2.31. The van der Waals surface area contributed by atoms with E-state index in [-0.39, 0.29) is 5.75 Å². The van der Waals surface area contributed by atoms with E-state index in [1.165, 1.54) is 21.3 Å². The van der Waals surface area contributed by atoms with Gasteiger partial charge in [0, 0.05) is 18.0 Å². The van der Waals surface area contributed by atoms with Gasteiger partial charge in [-0.05, 0) is 47.9 Å². The molecule has 0 saturated carbocycles. The van der Waals surface area contributed by atoms with E-state index in [2.05, 4.69) is 6.07 Å². The van der Waals surface area contributed by atoms with E-state index < -0.39 is 21.8 Å². The number of rotatable bonds is 4. The Kier molecular flexibility index (Phi) is 5.22. The molecule has 25 heavy (non-hydrogen) atoms. The van der Waals surface area contributed by atoms with Gasteiger partial charge in [-0.15, -0.1) is 11.3 Å². The maximum Gasteiger partial charge on any atom is 0.416 e. The van der Waals surface area contributed by atoms with Crippen LogP contribution in [0.3, 0.4) is 0 Å². The third-order valence-corrected chi connectivity index (χ3v) is 7.31. The van der Waals surface area contributed by atoms with Gasteiger partial charge < -0.3 is 0 Å². The summed E-state index contributed by atoms with van der Waals surface area (Å²) in [6.07, 6.45) is -2.87. The summed E-state index contributed by atoms with van der Waals surface area (Å²) < 4.78 is 64.3. The zero-order valence-electron chi connectivity index (χ0n) is 13.4. The summed E-state index contributed by atoms with van der Waals surface area (Å²) in [5.41, 5.74) is -0.404. The Morgan fingerprint density at radius 2 is 1.72 bits per heavy atom. The van der Waals surface area contributed by atoms with Gasteiger partial charge in [-0.1, -0.05) is 18.2 Å². The van der Waals surface area contributed by atoms with Crippen molar-refractivity contribution < 1.29 is 21.6 Å².